The van der Waals surface area contributed by atoms with Gasteiger partial charge in [-0.15, -0.1) is 6.58 Å². The summed E-state index contributed by atoms with van der Waals surface area (Å²) in [4.78, 5) is 11.1. The van der Waals surface area contributed by atoms with Crippen molar-refractivity contribution in [2.75, 3.05) is 0 Å². The number of hydrogen-bond acceptors (Lipinski definition) is 2. The fourth-order valence-corrected chi connectivity index (χ4v) is 0.729. The quantitative estimate of drug-likeness (QED) is 0.289. The predicted molar refractivity (Wildman–Crippen MR) is 54.4 cm³/mol. The Morgan fingerprint density at radius 2 is 2.00 bits per heavy atom. The van der Waals surface area contributed by atoms with Gasteiger partial charge in [-0.1, -0.05) is 12.2 Å². The molecule has 2 nitrogen and oxygen atoms in total. The molecule has 0 aliphatic rings. The summed E-state index contributed by atoms with van der Waals surface area (Å²) in [7, 11) is 0. The summed E-state index contributed by atoms with van der Waals surface area (Å²) in [5, 5.41) is 0. The van der Waals surface area contributed by atoms with E-state index in [1.807, 2.05) is 26.8 Å². The lowest BCUT2D eigenvalue weighted by Gasteiger charge is -2.17. The summed E-state index contributed by atoms with van der Waals surface area (Å²) >= 11 is 0. The van der Waals surface area contributed by atoms with E-state index < -0.39 is 5.60 Å². The Kier molecular flexibility index (Phi) is 5.12. The second-order valence-corrected chi connectivity index (χ2v) is 3.80. The maximum atomic E-state index is 11.1. The van der Waals surface area contributed by atoms with Crippen LogP contribution in [-0.2, 0) is 9.53 Å². The van der Waals surface area contributed by atoms with Gasteiger partial charge in [0.05, 0.1) is 0 Å². The molecule has 0 aromatic heterocycles. The third-order valence-electron chi connectivity index (χ3n) is 1.20. The average Bonchev–Trinajstić information content (AvgIpc) is 1.94. The van der Waals surface area contributed by atoms with Crippen molar-refractivity contribution in [2.45, 2.75) is 39.2 Å². The van der Waals surface area contributed by atoms with Crippen LogP contribution in [0.4, 0.5) is 0 Å². The van der Waals surface area contributed by atoms with E-state index in [-0.39, 0.29) is 5.97 Å². The summed E-state index contributed by atoms with van der Waals surface area (Å²) in [6, 6.07) is 0. The first-order valence-corrected chi connectivity index (χ1v) is 4.46. The second-order valence-electron chi connectivity index (χ2n) is 3.80. The number of hydrogen-bond donors (Lipinski definition) is 0. The number of rotatable bonds is 4. The molecule has 0 rings (SSSR count). The van der Waals surface area contributed by atoms with Crippen LogP contribution in [0.15, 0.2) is 24.8 Å². The highest BCUT2D eigenvalue weighted by Gasteiger charge is 2.13. The SMILES string of the molecule is C=CCCC=CC(=O)OC(C)(C)C. The highest BCUT2D eigenvalue weighted by atomic mass is 16.6. The number of unbranched alkanes of at least 4 members (excludes halogenated alkanes) is 1. The smallest absolute Gasteiger partial charge is 0.330 e. The molecule has 13 heavy (non-hydrogen) atoms. The molecule has 0 heterocycles. The Balaban J connectivity index is 3.74. The summed E-state index contributed by atoms with van der Waals surface area (Å²) in [5.41, 5.74) is -0.403. The van der Waals surface area contributed by atoms with Crippen molar-refractivity contribution in [2.24, 2.45) is 0 Å². The first kappa shape index (κ1) is 11.9. The van der Waals surface area contributed by atoms with Crippen LogP contribution in [0.5, 0.6) is 0 Å². The number of esters is 1. The van der Waals surface area contributed by atoms with E-state index in [0.29, 0.717) is 0 Å². The summed E-state index contributed by atoms with van der Waals surface area (Å²) in [5.74, 6) is -0.281. The van der Waals surface area contributed by atoms with Gasteiger partial charge in [-0.2, -0.15) is 0 Å². The van der Waals surface area contributed by atoms with Gasteiger partial charge in [0, 0.05) is 6.08 Å². The van der Waals surface area contributed by atoms with Crippen LogP contribution in [0.25, 0.3) is 0 Å². The van der Waals surface area contributed by atoms with E-state index >= 15 is 0 Å². The molecular weight excluding hydrogens is 164 g/mol. The van der Waals surface area contributed by atoms with Crippen molar-refractivity contribution in [1.82, 2.24) is 0 Å². The van der Waals surface area contributed by atoms with Gasteiger partial charge in [-0.05, 0) is 33.6 Å². The van der Waals surface area contributed by atoms with E-state index in [9.17, 15) is 4.79 Å². The van der Waals surface area contributed by atoms with Crippen molar-refractivity contribution < 1.29 is 9.53 Å². The summed E-state index contributed by atoms with van der Waals surface area (Å²) in [6.07, 6.45) is 6.81. The zero-order valence-corrected chi connectivity index (χ0v) is 8.67. The molecule has 0 aromatic carbocycles. The molecule has 0 saturated heterocycles. The third kappa shape index (κ3) is 8.86. The molecule has 74 valence electrons. The molecule has 0 spiro atoms. The number of carbonyl (C=O) groups is 1. The molecule has 2 heteroatoms. The lowest BCUT2D eigenvalue weighted by atomic mass is 10.2. The molecule has 0 unspecified atom stereocenters. The van der Waals surface area contributed by atoms with Crippen LogP contribution in [0, 0.1) is 0 Å². The number of allylic oxidation sites excluding steroid dienone is 2. The molecular formula is C11H18O2. The molecule has 0 aromatic rings. The van der Waals surface area contributed by atoms with E-state index in [2.05, 4.69) is 6.58 Å². The Hall–Kier alpha value is -1.05. The minimum atomic E-state index is -0.403. The zero-order valence-electron chi connectivity index (χ0n) is 8.67. The van der Waals surface area contributed by atoms with Gasteiger partial charge in [0.25, 0.3) is 0 Å². The van der Waals surface area contributed by atoms with E-state index in [1.165, 1.54) is 6.08 Å². The summed E-state index contributed by atoms with van der Waals surface area (Å²) in [6.45, 7) is 9.14. The zero-order chi connectivity index (χ0) is 10.3. The molecule has 0 amide bonds. The Morgan fingerprint density at radius 3 is 2.46 bits per heavy atom. The molecule has 0 N–H and O–H groups in total. The monoisotopic (exact) mass is 182 g/mol. The minimum absolute atomic E-state index is 0.281. The van der Waals surface area contributed by atoms with Gasteiger partial charge < -0.3 is 4.74 Å². The highest BCUT2D eigenvalue weighted by molar-refractivity contribution is 5.82. The first-order valence-electron chi connectivity index (χ1n) is 4.46. The van der Waals surface area contributed by atoms with Crippen LogP contribution in [0.3, 0.4) is 0 Å². The van der Waals surface area contributed by atoms with Crippen molar-refractivity contribution in [3.05, 3.63) is 24.8 Å². The number of ether oxygens (including phenoxy) is 1. The summed E-state index contributed by atoms with van der Waals surface area (Å²) < 4.78 is 5.07. The van der Waals surface area contributed by atoms with E-state index in [0.717, 1.165) is 12.8 Å². The second kappa shape index (κ2) is 5.57. The van der Waals surface area contributed by atoms with Gasteiger partial charge in [-0.25, -0.2) is 4.79 Å². The lowest BCUT2D eigenvalue weighted by molar-refractivity contribution is -0.148. The van der Waals surface area contributed by atoms with Crippen LogP contribution in [-0.4, -0.2) is 11.6 Å². The van der Waals surface area contributed by atoms with Crippen LogP contribution < -0.4 is 0 Å². The Labute approximate surface area is 80.3 Å². The molecule has 0 fully saturated rings. The van der Waals surface area contributed by atoms with Crippen molar-refractivity contribution in [1.29, 1.82) is 0 Å². The standard InChI is InChI=1S/C11H18O2/c1-5-6-7-8-9-10(12)13-11(2,3)4/h5,8-9H,1,6-7H2,2-4H3. The van der Waals surface area contributed by atoms with Crippen molar-refractivity contribution in [3.63, 3.8) is 0 Å². The molecule has 0 saturated carbocycles. The predicted octanol–water partition coefficient (Wildman–Crippen LogP) is 2.85. The van der Waals surface area contributed by atoms with Gasteiger partial charge >= 0.3 is 5.97 Å². The Morgan fingerprint density at radius 1 is 1.38 bits per heavy atom. The van der Waals surface area contributed by atoms with E-state index in [1.54, 1.807) is 6.08 Å². The van der Waals surface area contributed by atoms with Crippen LogP contribution >= 0.6 is 0 Å². The number of carbonyl (C=O) groups excluding carboxylic acids is 1. The molecule has 0 aliphatic carbocycles. The van der Waals surface area contributed by atoms with Crippen LogP contribution in [0.2, 0.25) is 0 Å². The van der Waals surface area contributed by atoms with Gasteiger partial charge in [0.15, 0.2) is 0 Å². The third-order valence-corrected chi connectivity index (χ3v) is 1.20. The van der Waals surface area contributed by atoms with Crippen LogP contribution in [0.1, 0.15) is 33.6 Å². The molecule has 0 bridgehead atoms. The van der Waals surface area contributed by atoms with Crippen molar-refractivity contribution >= 4 is 5.97 Å². The molecule has 0 atom stereocenters. The average molecular weight is 182 g/mol. The Bertz CT molecular complexity index is 197. The van der Waals surface area contributed by atoms with E-state index in [4.69, 9.17) is 4.74 Å². The van der Waals surface area contributed by atoms with Gasteiger partial charge in [0.1, 0.15) is 5.60 Å². The van der Waals surface area contributed by atoms with Gasteiger partial charge in [0.2, 0.25) is 0 Å². The largest absolute Gasteiger partial charge is 0.457 e. The highest BCUT2D eigenvalue weighted by Crippen LogP contribution is 2.07. The normalized spacial score (nSPS) is 11.6. The minimum Gasteiger partial charge on any atom is -0.457 e. The maximum absolute atomic E-state index is 11.1. The van der Waals surface area contributed by atoms with Crippen molar-refractivity contribution in [3.8, 4) is 0 Å². The fourth-order valence-electron chi connectivity index (χ4n) is 0.729. The molecule has 0 aliphatic heterocycles. The molecule has 0 radical (unpaired) electrons. The fraction of sp³-hybridized carbons (Fsp3) is 0.545. The maximum Gasteiger partial charge on any atom is 0.330 e. The topological polar surface area (TPSA) is 26.3 Å². The lowest BCUT2D eigenvalue weighted by Crippen LogP contribution is -2.22. The first-order chi connectivity index (χ1) is 5.95. The van der Waals surface area contributed by atoms with Gasteiger partial charge in [-0.3, -0.25) is 0 Å².